The quantitative estimate of drug-likeness (QED) is 0.419. The summed E-state index contributed by atoms with van der Waals surface area (Å²) in [4.78, 5) is 15.6. The van der Waals surface area contributed by atoms with E-state index in [2.05, 4.69) is 14.5 Å². The maximum absolute atomic E-state index is 14.4. The Kier molecular flexibility index (Phi) is 6.97. The molecule has 0 amide bonds. The maximum Gasteiger partial charge on any atom is 0.353 e. The molecule has 2 rings (SSSR count). The number of rotatable bonds is 9. The summed E-state index contributed by atoms with van der Waals surface area (Å²) in [6, 6.07) is 0. The van der Waals surface area contributed by atoms with Gasteiger partial charge in [0.1, 0.15) is 12.9 Å². The van der Waals surface area contributed by atoms with E-state index in [-0.39, 0.29) is 31.6 Å². The number of halogens is 2. The van der Waals surface area contributed by atoms with Gasteiger partial charge in [0.25, 0.3) is 0 Å². The summed E-state index contributed by atoms with van der Waals surface area (Å²) in [6.45, 7) is -1.43. The molecule has 0 bridgehead atoms. The van der Waals surface area contributed by atoms with E-state index in [4.69, 9.17) is 14.2 Å². The maximum atomic E-state index is 14.4. The van der Waals surface area contributed by atoms with E-state index in [0.717, 1.165) is 6.20 Å². The number of methoxy groups -OCH3 is 2. The van der Waals surface area contributed by atoms with E-state index < -0.39 is 36.7 Å². The molecule has 2 heterocycles. The first-order valence-corrected chi connectivity index (χ1v) is 7.49. The van der Waals surface area contributed by atoms with Crippen molar-refractivity contribution in [3.05, 3.63) is 22.2 Å². The molecule has 1 fully saturated rings. The smallest absolute Gasteiger partial charge is 0.353 e. The van der Waals surface area contributed by atoms with Gasteiger partial charge in [-0.1, -0.05) is 0 Å². The molecule has 10 nitrogen and oxygen atoms in total. The van der Waals surface area contributed by atoms with E-state index in [1.807, 2.05) is 0 Å². The fraction of sp³-hybridized carbons (Fsp3) is 0.714. The highest BCUT2D eigenvalue weighted by atomic mass is 19.3. The normalized spacial score (nSPS) is 24.8. The monoisotopic (exact) mass is 382 g/mol. The highest BCUT2D eigenvalue weighted by Gasteiger charge is 2.59. The van der Waals surface area contributed by atoms with Crippen LogP contribution in [-0.2, 0) is 25.6 Å². The second-order valence-corrected chi connectivity index (χ2v) is 5.39. The minimum Gasteiger partial charge on any atom is -0.450 e. The molecule has 2 N–H and O–H groups in total. The average molecular weight is 382 g/mol. The zero-order valence-electron chi connectivity index (χ0n) is 14.1. The fourth-order valence-electron chi connectivity index (χ4n) is 2.36. The Morgan fingerprint density at radius 3 is 2.65 bits per heavy atom. The Balaban J connectivity index is 2.30. The summed E-state index contributed by atoms with van der Waals surface area (Å²) < 4.78 is 53.7. The average Bonchev–Trinajstić information content (AvgIpc) is 2.84. The second-order valence-electron chi connectivity index (χ2n) is 5.39. The first-order chi connectivity index (χ1) is 12.4. The summed E-state index contributed by atoms with van der Waals surface area (Å²) in [5, 5.41) is 19.2. The molecule has 0 unspecified atom stereocenters. The first-order valence-electron chi connectivity index (χ1n) is 7.49. The van der Waals surface area contributed by atoms with Gasteiger partial charge >= 0.3 is 11.6 Å². The third-order valence-corrected chi connectivity index (χ3v) is 3.59. The first kappa shape index (κ1) is 20.6. The number of aliphatic hydroxyl groups excluding tert-OH is 2. The number of hydrogen-bond donors (Lipinski definition) is 2. The van der Waals surface area contributed by atoms with Gasteiger partial charge in [-0.3, -0.25) is 4.57 Å². The fourth-order valence-corrected chi connectivity index (χ4v) is 2.36. The van der Waals surface area contributed by atoms with E-state index in [1.165, 1.54) is 14.2 Å². The second kappa shape index (κ2) is 8.79. The molecule has 0 aromatic carbocycles. The van der Waals surface area contributed by atoms with Crippen molar-refractivity contribution in [2.75, 3.05) is 34.4 Å². The molecule has 3 atom stereocenters. The van der Waals surface area contributed by atoms with Crippen LogP contribution in [-0.4, -0.2) is 72.3 Å². The molecular weight excluding hydrogens is 362 g/mol. The van der Waals surface area contributed by atoms with Crippen LogP contribution >= 0.6 is 0 Å². The van der Waals surface area contributed by atoms with Gasteiger partial charge in [0.2, 0.25) is 12.1 Å². The molecule has 1 saturated heterocycles. The number of aromatic nitrogens is 2. The van der Waals surface area contributed by atoms with Gasteiger partial charge in [0.05, 0.1) is 18.8 Å². The third-order valence-electron chi connectivity index (χ3n) is 3.59. The van der Waals surface area contributed by atoms with Gasteiger partial charge in [0, 0.05) is 20.4 Å². The summed E-state index contributed by atoms with van der Waals surface area (Å²) in [7, 11) is 2.68. The molecule has 0 aliphatic carbocycles. The molecule has 0 radical (unpaired) electrons. The van der Waals surface area contributed by atoms with Crippen LogP contribution in [0, 0.1) is 0 Å². The van der Waals surface area contributed by atoms with Crippen LogP contribution in [0.2, 0.25) is 0 Å². The van der Waals surface area contributed by atoms with Crippen LogP contribution in [0.3, 0.4) is 0 Å². The molecular formula is C14H20F2N2O8. The lowest BCUT2D eigenvalue weighted by molar-refractivity contribution is -0.141. The van der Waals surface area contributed by atoms with Crippen molar-refractivity contribution in [1.82, 2.24) is 9.55 Å². The lowest BCUT2D eigenvalue weighted by atomic mass is 10.1. The molecule has 1 aromatic heterocycles. The molecule has 1 aromatic rings. The van der Waals surface area contributed by atoms with Gasteiger partial charge in [-0.15, -0.1) is 0 Å². The number of alkyl halides is 2. The Hall–Kier alpha value is -1.70. The van der Waals surface area contributed by atoms with E-state index in [9.17, 15) is 23.8 Å². The van der Waals surface area contributed by atoms with Crippen molar-refractivity contribution in [3.8, 4) is 5.88 Å². The minimum atomic E-state index is -3.80. The minimum absolute atomic E-state index is 0.0328. The largest absolute Gasteiger partial charge is 0.450 e. The molecule has 12 heteroatoms. The zero-order chi connectivity index (χ0) is 19.3. The highest BCUT2D eigenvalue weighted by Crippen LogP contribution is 2.42. The van der Waals surface area contributed by atoms with Gasteiger partial charge < -0.3 is 33.9 Å². The lowest BCUT2D eigenvalue weighted by Gasteiger charge is -2.22. The molecule has 26 heavy (non-hydrogen) atoms. The number of aliphatic hydroxyl groups is 2. The van der Waals surface area contributed by atoms with Crippen LogP contribution in [0.4, 0.5) is 8.78 Å². The van der Waals surface area contributed by atoms with Crippen molar-refractivity contribution >= 4 is 0 Å². The Morgan fingerprint density at radius 1 is 1.35 bits per heavy atom. The zero-order valence-corrected chi connectivity index (χ0v) is 14.1. The van der Waals surface area contributed by atoms with E-state index in [1.54, 1.807) is 0 Å². The molecule has 1 aliphatic heterocycles. The van der Waals surface area contributed by atoms with Crippen LogP contribution in [0.25, 0.3) is 0 Å². The van der Waals surface area contributed by atoms with Crippen LogP contribution in [0.5, 0.6) is 5.88 Å². The lowest BCUT2D eigenvalue weighted by Crippen LogP contribution is -2.42. The Labute approximate surface area is 146 Å². The number of hydrogen-bond acceptors (Lipinski definition) is 9. The summed E-state index contributed by atoms with van der Waals surface area (Å²) >= 11 is 0. The summed E-state index contributed by atoms with van der Waals surface area (Å²) in [5.41, 5.74) is -1.14. The van der Waals surface area contributed by atoms with Crippen LogP contribution in [0.1, 0.15) is 11.8 Å². The molecule has 148 valence electrons. The van der Waals surface area contributed by atoms with Gasteiger partial charge in [0.15, 0.2) is 12.9 Å². The summed E-state index contributed by atoms with van der Waals surface area (Å²) in [5.74, 6) is -4.05. The van der Waals surface area contributed by atoms with Crippen molar-refractivity contribution in [3.63, 3.8) is 0 Å². The Bertz CT molecular complexity index is 656. The van der Waals surface area contributed by atoms with Gasteiger partial charge in [-0.05, 0) is 0 Å². The Morgan fingerprint density at radius 2 is 2.04 bits per heavy atom. The van der Waals surface area contributed by atoms with E-state index in [0.29, 0.717) is 4.57 Å². The van der Waals surface area contributed by atoms with Crippen molar-refractivity contribution in [2.24, 2.45) is 0 Å². The highest BCUT2D eigenvalue weighted by molar-refractivity contribution is 5.22. The third kappa shape index (κ3) is 4.16. The predicted molar refractivity (Wildman–Crippen MR) is 79.6 cm³/mol. The molecule has 0 spiro atoms. The van der Waals surface area contributed by atoms with Crippen LogP contribution in [0.15, 0.2) is 11.0 Å². The van der Waals surface area contributed by atoms with Crippen molar-refractivity contribution in [2.45, 2.75) is 31.0 Å². The van der Waals surface area contributed by atoms with Crippen LogP contribution < -0.4 is 10.4 Å². The van der Waals surface area contributed by atoms with Crippen molar-refractivity contribution < 1.29 is 42.7 Å². The SMILES string of the molecule is COCOC[C@H]1O[C@@H](n2cc(CO)c(OCOC)nc2=O)C(F)(F)[C@@H]1O. The molecule has 0 saturated carbocycles. The van der Waals surface area contributed by atoms with Crippen molar-refractivity contribution in [1.29, 1.82) is 0 Å². The summed E-state index contributed by atoms with van der Waals surface area (Å²) in [6.07, 6.45) is -4.79. The number of nitrogens with zero attached hydrogens (tertiary/aromatic N) is 2. The predicted octanol–water partition coefficient (Wildman–Crippen LogP) is -0.768. The van der Waals surface area contributed by atoms with Gasteiger partial charge in [-0.2, -0.15) is 13.8 Å². The van der Waals surface area contributed by atoms with Gasteiger partial charge in [-0.25, -0.2) is 4.79 Å². The van der Waals surface area contributed by atoms with E-state index >= 15 is 0 Å². The molecule has 1 aliphatic rings. The standard InChI is InChI=1S/C14H20F2N2O8/c1-22-6-24-5-9-10(20)14(15,16)12(26-9)18-3-8(4-19)11(17-13(18)21)25-7-23-2/h3,9-10,12,19-20H,4-7H2,1-2H3/t9-,10-,12-/m1/s1. The number of ether oxygens (including phenoxy) is 5. The topological polar surface area (TPSA) is 122 Å².